The second-order valence-corrected chi connectivity index (χ2v) is 5.08. The summed E-state index contributed by atoms with van der Waals surface area (Å²) >= 11 is 0. The number of nitrogens with zero attached hydrogens (tertiary/aromatic N) is 1. The van der Waals surface area contributed by atoms with Gasteiger partial charge in [0.15, 0.2) is 0 Å². The van der Waals surface area contributed by atoms with Crippen molar-refractivity contribution in [2.24, 2.45) is 0 Å². The number of amides is 1. The van der Waals surface area contributed by atoms with Crippen LogP contribution in [0.3, 0.4) is 0 Å². The van der Waals surface area contributed by atoms with Gasteiger partial charge < -0.3 is 10.6 Å². The highest BCUT2D eigenvalue weighted by Gasteiger charge is 2.07. The third-order valence-electron chi connectivity index (χ3n) is 3.34. The van der Waals surface area contributed by atoms with Crippen LogP contribution in [0.25, 0.3) is 0 Å². The Balaban J connectivity index is 1.90. The summed E-state index contributed by atoms with van der Waals surface area (Å²) < 4.78 is 0. The maximum Gasteiger partial charge on any atom is 0.269 e. The summed E-state index contributed by atoms with van der Waals surface area (Å²) in [5, 5.41) is 5.99. The van der Waals surface area contributed by atoms with E-state index < -0.39 is 0 Å². The van der Waals surface area contributed by atoms with Gasteiger partial charge in [-0.15, -0.1) is 0 Å². The third kappa shape index (κ3) is 4.60. The average Bonchev–Trinajstić information content (AvgIpc) is 2.53. The van der Waals surface area contributed by atoms with E-state index in [1.807, 2.05) is 12.1 Å². The van der Waals surface area contributed by atoms with Gasteiger partial charge in [-0.2, -0.15) is 0 Å². The zero-order chi connectivity index (χ0) is 15.1. The van der Waals surface area contributed by atoms with Crippen LogP contribution in [0.4, 0.5) is 5.69 Å². The maximum atomic E-state index is 11.6. The number of carbonyl (C=O) groups is 1. The minimum atomic E-state index is -0.171. The highest BCUT2D eigenvalue weighted by Crippen LogP contribution is 2.12. The molecule has 0 spiro atoms. The van der Waals surface area contributed by atoms with Crippen LogP contribution in [0, 0.1) is 0 Å². The van der Waals surface area contributed by atoms with Gasteiger partial charge >= 0.3 is 0 Å². The Morgan fingerprint density at radius 2 is 2.00 bits per heavy atom. The van der Waals surface area contributed by atoms with Crippen molar-refractivity contribution in [3.63, 3.8) is 0 Å². The summed E-state index contributed by atoms with van der Waals surface area (Å²) in [5.74, 6) is -0.171. The van der Waals surface area contributed by atoms with Crippen molar-refractivity contribution in [1.29, 1.82) is 0 Å². The van der Waals surface area contributed by atoms with E-state index in [0.717, 1.165) is 18.5 Å². The van der Waals surface area contributed by atoms with E-state index >= 15 is 0 Å². The summed E-state index contributed by atoms with van der Waals surface area (Å²) in [6.07, 6.45) is 3.71. The highest BCUT2D eigenvalue weighted by molar-refractivity contribution is 5.92. The molecule has 2 N–H and O–H groups in total. The quantitative estimate of drug-likeness (QED) is 0.857. The molecule has 1 amide bonds. The number of benzene rings is 1. The highest BCUT2D eigenvalue weighted by atomic mass is 16.1. The fraction of sp³-hybridized carbons (Fsp3) is 0.294. The number of anilines is 1. The number of pyridine rings is 1. The van der Waals surface area contributed by atoms with Crippen LogP contribution in [0.5, 0.6) is 0 Å². The molecule has 1 unspecified atom stereocenters. The molecule has 0 bridgehead atoms. The molecule has 0 saturated heterocycles. The molecular formula is C17H21N3O. The summed E-state index contributed by atoms with van der Waals surface area (Å²) in [4.78, 5) is 15.6. The molecule has 4 nitrogen and oxygen atoms in total. The van der Waals surface area contributed by atoms with Gasteiger partial charge in [0, 0.05) is 25.0 Å². The molecule has 0 aliphatic heterocycles. The molecule has 0 aliphatic rings. The number of aryl methyl sites for hydroxylation is 1. The standard InChI is InChI=1S/C17H21N3O/c1-13(8-9-14-6-4-3-5-7-14)20-15-10-11-19-16(12-15)17(21)18-2/h3-7,10-13H,8-9H2,1-2H3,(H,18,21)(H,19,20). The van der Waals surface area contributed by atoms with Crippen LogP contribution in [0.1, 0.15) is 29.4 Å². The van der Waals surface area contributed by atoms with Crippen molar-refractivity contribution in [2.75, 3.05) is 12.4 Å². The molecule has 21 heavy (non-hydrogen) atoms. The van der Waals surface area contributed by atoms with E-state index in [0.29, 0.717) is 11.7 Å². The molecule has 1 atom stereocenters. The average molecular weight is 283 g/mol. The van der Waals surface area contributed by atoms with E-state index in [-0.39, 0.29) is 5.91 Å². The Bertz CT molecular complexity index is 584. The number of rotatable bonds is 6. The van der Waals surface area contributed by atoms with Crippen molar-refractivity contribution in [2.45, 2.75) is 25.8 Å². The van der Waals surface area contributed by atoms with Gasteiger partial charge in [-0.25, -0.2) is 0 Å². The smallest absolute Gasteiger partial charge is 0.269 e. The van der Waals surface area contributed by atoms with Gasteiger partial charge in [0.25, 0.3) is 5.91 Å². The lowest BCUT2D eigenvalue weighted by Gasteiger charge is -2.15. The van der Waals surface area contributed by atoms with Gasteiger partial charge in [-0.3, -0.25) is 9.78 Å². The molecular weight excluding hydrogens is 262 g/mol. The normalized spacial score (nSPS) is 11.7. The first kappa shape index (κ1) is 15.0. The van der Waals surface area contributed by atoms with E-state index in [2.05, 4.69) is 46.8 Å². The second-order valence-electron chi connectivity index (χ2n) is 5.08. The van der Waals surface area contributed by atoms with E-state index in [9.17, 15) is 4.79 Å². The van der Waals surface area contributed by atoms with Gasteiger partial charge in [0.1, 0.15) is 5.69 Å². The molecule has 1 aromatic heterocycles. The molecule has 0 radical (unpaired) electrons. The van der Waals surface area contributed by atoms with E-state index in [4.69, 9.17) is 0 Å². The molecule has 4 heteroatoms. The molecule has 1 aromatic carbocycles. The van der Waals surface area contributed by atoms with Crippen molar-refractivity contribution >= 4 is 11.6 Å². The topological polar surface area (TPSA) is 54.0 Å². The monoisotopic (exact) mass is 283 g/mol. The number of hydrogen-bond acceptors (Lipinski definition) is 3. The molecule has 0 fully saturated rings. The van der Waals surface area contributed by atoms with Crippen molar-refractivity contribution < 1.29 is 4.79 Å². The predicted molar refractivity (Wildman–Crippen MR) is 85.5 cm³/mol. The number of hydrogen-bond donors (Lipinski definition) is 2. The summed E-state index contributed by atoms with van der Waals surface area (Å²) in [6.45, 7) is 2.14. The Morgan fingerprint density at radius 3 is 2.71 bits per heavy atom. The first-order valence-electron chi connectivity index (χ1n) is 7.17. The van der Waals surface area contributed by atoms with Crippen LogP contribution in [-0.4, -0.2) is 24.0 Å². The van der Waals surface area contributed by atoms with Crippen molar-refractivity contribution in [3.8, 4) is 0 Å². The zero-order valence-electron chi connectivity index (χ0n) is 12.5. The predicted octanol–water partition coefficient (Wildman–Crippen LogP) is 2.87. The van der Waals surface area contributed by atoms with Crippen LogP contribution < -0.4 is 10.6 Å². The Labute approximate surface area is 125 Å². The Morgan fingerprint density at radius 1 is 1.24 bits per heavy atom. The SMILES string of the molecule is CNC(=O)c1cc(NC(C)CCc2ccccc2)ccn1. The van der Waals surface area contributed by atoms with Crippen molar-refractivity contribution in [3.05, 3.63) is 59.9 Å². The largest absolute Gasteiger partial charge is 0.382 e. The van der Waals surface area contributed by atoms with Crippen LogP contribution in [0.15, 0.2) is 48.7 Å². The van der Waals surface area contributed by atoms with Gasteiger partial charge in [0.05, 0.1) is 0 Å². The van der Waals surface area contributed by atoms with Crippen molar-refractivity contribution in [1.82, 2.24) is 10.3 Å². The molecule has 0 saturated carbocycles. The third-order valence-corrected chi connectivity index (χ3v) is 3.34. The summed E-state index contributed by atoms with van der Waals surface area (Å²) in [6, 6.07) is 14.4. The van der Waals surface area contributed by atoms with E-state index in [1.165, 1.54) is 5.56 Å². The lowest BCUT2D eigenvalue weighted by molar-refractivity contribution is 0.0958. The lowest BCUT2D eigenvalue weighted by Crippen LogP contribution is -2.20. The lowest BCUT2D eigenvalue weighted by atomic mass is 10.1. The summed E-state index contributed by atoms with van der Waals surface area (Å²) in [5.41, 5.74) is 2.69. The van der Waals surface area contributed by atoms with Gasteiger partial charge in [0.2, 0.25) is 0 Å². The van der Waals surface area contributed by atoms with Gasteiger partial charge in [-0.05, 0) is 37.5 Å². The first-order valence-corrected chi connectivity index (χ1v) is 7.17. The molecule has 1 heterocycles. The van der Waals surface area contributed by atoms with Crippen LogP contribution >= 0.6 is 0 Å². The number of nitrogens with one attached hydrogen (secondary N) is 2. The molecule has 2 rings (SSSR count). The number of aromatic nitrogens is 1. The molecule has 110 valence electrons. The molecule has 2 aromatic rings. The Kier molecular flexibility index (Phi) is 5.32. The minimum absolute atomic E-state index is 0.171. The van der Waals surface area contributed by atoms with E-state index in [1.54, 1.807) is 19.3 Å². The van der Waals surface area contributed by atoms with Crippen LogP contribution in [-0.2, 0) is 6.42 Å². The zero-order valence-corrected chi connectivity index (χ0v) is 12.5. The minimum Gasteiger partial charge on any atom is -0.382 e. The number of carbonyl (C=O) groups excluding carboxylic acids is 1. The first-order chi connectivity index (χ1) is 10.2. The Hall–Kier alpha value is -2.36. The fourth-order valence-corrected chi connectivity index (χ4v) is 2.16. The second kappa shape index (κ2) is 7.43. The summed E-state index contributed by atoms with van der Waals surface area (Å²) in [7, 11) is 1.60. The van der Waals surface area contributed by atoms with Gasteiger partial charge in [-0.1, -0.05) is 30.3 Å². The maximum absolute atomic E-state index is 11.6. The molecule has 0 aliphatic carbocycles. The van der Waals surface area contributed by atoms with Crippen LogP contribution in [0.2, 0.25) is 0 Å². The fourth-order valence-electron chi connectivity index (χ4n) is 2.16.